The zero-order valence-corrected chi connectivity index (χ0v) is 16.3. The first-order valence-electron chi connectivity index (χ1n) is 8.95. The summed E-state index contributed by atoms with van der Waals surface area (Å²) in [5, 5.41) is 2.88. The van der Waals surface area contributed by atoms with Gasteiger partial charge in [-0.2, -0.15) is 0 Å². The van der Waals surface area contributed by atoms with Crippen LogP contribution in [0.5, 0.6) is 17.2 Å². The van der Waals surface area contributed by atoms with Crippen molar-refractivity contribution in [1.82, 2.24) is 5.32 Å². The van der Waals surface area contributed by atoms with Crippen molar-refractivity contribution in [2.45, 2.75) is 26.4 Å². The Hall–Kier alpha value is -2.95. The minimum atomic E-state index is -0.134. The quantitative estimate of drug-likeness (QED) is 0.682. The van der Waals surface area contributed by atoms with Gasteiger partial charge in [0.1, 0.15) is 5.75 Å². The van der Waals surface area contributed by atoms with Gasteiger partial charge in [0.15, 0.2) is 11.5 Å². The van der Waals surface area contributed by atoms with Crippen LogP contribution in [0.4, 0.5) is 0 Å². The molecule has 144 valence electrons. The number of nitrogens with one attached hydrogen (secondary N) is 1. The molecule has 0 atom stereocenters. The molecule has 0 heterocycles. The van der Waals surface area contributed by atoms with E-state index >= 15 is 0 Å². The lowest BCUT2D eigenvalue weighted by atomic mass is 10.1. The molecule has 0 aliphatic rings. The fourth-order valence-corrected chi connectivity index (χ4v) is 2.49. The summed E-state index contributed by atoms with van der Waals surface area (Å²) in [6, 6.07) is 13.4. The maximum absolute atomic E-state index is 12.0. The molecule has 2 aromatic rings. The lowest BCUT2D eigenvalue weighted by molar-refractivity contribution is -0.116. The minimum absolute atomic E-state index is 0.0665. The van der Waals surface area contributed by atoms with Crippen LogP contribution in [0.15, 0.2) is 48.5 Å². The molecule has 27 heavy (non-hydrogen) atoms. The van der Waals surface area contributed by atoms with E-state index in [2.05, 4.69) is 5.32 Å². The Morgan fingerprint density at radius 2 is 1.78 bits per heavy atom. The molecule has 1 amide bonds. The van der Waals surface area contributed by atoms with Crippen molar-refractivity contribution in [2.75, 3.05) is 20.8 Å². The molecule has 0 spiro atoms. The molecule has 2 rings (SSSR count). The van der Waals surface area contributed by atoms with Crippen molar-refractivity contribution in [1.29, 1.82) is 0 Å². The third-order valence-electron chi connectivity index (χ3n) is 3.85. The van der Waals surface area contributed by atoms with Crippen molar-refractivity contribution < 1.29 is 19.0 Å². The molecule has 0 aliphatic heterocycles. The number of methoxy groups -OCH3 is 2. The zero-order chi connectivity index (χ0) is 19.6. The zero-order valence-electron chi connectivity index (χ0n) is 16.3. The van der Waals surface area contributed by atoms with Gasteiger partial charge in [-0.25, -0.2) is 0 Å². The summed E-state index contributed by atoms with van der Waals surface area (Å²) in [7, 11) is 3.24. The first kappa shape index (κ1) is 20.4. The number of hydrogen-bond acceptors (Lipinski definition) is 4. The van der Waals surface area contributed by atoms with E-state index in [1.807, 2.05) is 56.3 Å². The van der Waals surface area contributed by atoms with Gasteiger partial charge in [0.05, 0.1) is 20.3 Å². The van der Waals surface area contributed by atoms with E-state index in [9.17, 15) is 4.79 Å². The van der Waals surface area contributed by atoms with E-state index in [1.54, 1.807) is 20.3 Å². The fourth-order valence-electron chi connectivity index (χ4n) is 2.49. The second-order valence-corrected chi connectivity index (χ2v) is 6.30. The average Bonchev–Trinajstić information content (AvgIpc) is 2.67. The molecular formula is C22H27NO4. The number of hydrogen-bond donors (Lipinski definition) is 1. The molecule has 0 aliphatic carbocycles. The third kappa shape index (κ3) is 6.70. The maximum atomic E-state index is 12.0. The summed E-state index contributed by atoms with van der Waals surface area (Å²) < 4.78 is 16.2. The van der Waals surface area contributed by atoms with Crippen molar-refractivity contribution >= 4 is 12.0 Å². The topological polar surface area (TPSA) is 56.8 Å². The van der Waals surface area contributed by atoms with Gasteiger partial charge in [-0.05, 0) is 61.7 Å². The van der Waals surface area contributed by atoms with E-state index in [4.69, 9.17) is 14.2 Å². The van der Waals surface area contributed by atoms with Crippen LogP contribution in [0.1, 0.15) is 25.0 Å². The van der Waals surface area contributed by atoms with Gasteiger partial charge < -0.3 is 19.5 Å². The van der Waals surface area contributed by atoms with Crippen molar-refractivity contribution in [2.24, 2.45) is 0 Å². The summed E-state index contributed by atoms with van der Waals surface area (Å²) in [6.07, 6.45) is 4.10. The number of rotatable bonds is 9. The highest BCUT2D eigenvalue weighted by molar-refractivity contribution is 5.91. The molecule has 1 N–H and O–H groups in total. The van der Waals surface area contributed by atoms with Gasteiger partial charge >= 0.3 is 0 Å². The number of ether oxygens (including phenoxy) is 3. The van der Waals surface area contributed by atoms with Crippen LogP contribution in [0.25, 0.3) is 6.08 Å². The smallest absolute Gasteiger partial charge is 0.244 e. The number of benzene rings is 2. The Morgan fingerprint density at radius 3 is 2.41 bits per heavy atom. The highest BCUT2D eigenvalue weighted by Gasteiger charge is 2.06. The lowest BCUT2D eigenvalue weighted by Crippen LogP contribution is -2.23. The molecule has 0 saturated heterocycles. The summed E-state index contributed by atoms with van der Waals surface area (Å²) in [5.41, 5.74) is 2.01. The van der Waals surface area contributed by atoms with Gasteiger partial charge in [0, 0.05) is 12.6 Å². The Labute approximate surface area is 161 Å². The number of carbonyl (C=O) groups excluding carboxylic acids is 1. The molecule has 5 heteroatoms. The molecular weight excluding hydrogens is 342 g/mol. The molecule has 0 bridgehead atoms. The Balaban J connectivity index is 1.86. The van der Waals surface area contributed by atoms with Gasteiger partial charge in [0.25, 0.3) is 0 Å². The monoisotopic (exact) mass is 369 g/mol. The number of amides is 1. The predicted molar refractivity (Wildman–Crippen MR) is 107 cm³/mol. The highest BCUT2D eigenvalue weighted by Crippen LogP contribution is 2.29. The van der Waals surface area contributed by atoms with E-state index in [0.29, 0.717) is 18.0 Å². The summed E-state index contributed by atoms with van der Waals surface area (Å²) in [6.45, 7) is 4.49. The SMILES string of the molecule is COc1ccc(CCNC(=O)/C=C/c2ccc(OC(C)C)c(OC)c2)cc1. The second kappa shape index (κ2) is 10.3. The number of carbonyl (C=O) groups is 1. The van der Waals surface area contributed by atoms with E-state index < -0.39 is 0 Å². The van der Waals surface area contributed by atoms with E-state index in [1.165, 1.54) is 6.08 Å². The molecule has 0 aromatic heterocycles. The molecule has 0 unspecified atom stereocenters. The van der Waals surface area contributed by atoms with Crippen LogP contribution in [0.3, 0.4) is 0 Å². The van der Waals surface area contributed by atoms with Crippen molar-refractivity contribution in [3.63, 3.8) is 0 Å². The van der Waals surface area contributed by atoms with Crippen LogP contribution in [-0.2, 0) is 11.2 Å². The van der Waals surface area contributed by atoms with E-state index in [0.717, 1.165) is 23.3 Å². The summed E-state index contributed by atoms with van der Waals surface area (Å²) >= 11 is 0. The minimum Gasteiger partial charge on any atom is -0.497 e. The fraction of sp³-hybridized carbons (Fsp3) is 0.318. The Bertz CT molecular complexity index is 766. The molecule has 5 nitrogen and oxygen atoms in total. The molecule has 0 radical (unpaired) electrons. The van der Waals surface area contributed by atoms with Gasteiger partial charge in [0.2, 0.25) is 5.91 Å². The largest absolute Gasteiger partial charge is 0.497 e. The standard InChI is InChI=1S/C22H27NO4/c1-16(2)27-20-11-7-18(15-21(20)26-4)8-12-22(24)23-14-13-17-5-9-19(25-3)10-6-17/h5-12,15-16H,13-14H2,1-4H3,(H,23,24)/b12-8+. The normalized spacial score (nSPS) is 10.9. The van der Waals surface area contributed by atoms with Crippen molar-refractivity contribution in [3.05, 3.63) is 59.7 Å². The molecule has 0 fully saturated rings. The summed E-state index contributed by atoms with van der Waals surface area (Å²) in [4.78, 5) is 12.0. The average molecular weight is 369 g/mol. The molecule has 0 saturated carbocycles. The van der Waals surface area contributed by atoms with Crippen molar-refractivity contribution in [3.8, 4) is 17.2 Å². The maximum Gasteiger partial charge on any atom is 0.244 e. The van der Waals surface area contributed by atoms with Crippen LogP contribution < -0.4 is 19.5 Å². The Morgan fingerprint density at radius 1 is 1.04 bits per heavy atom. The second-order valence-electron chi connectivity index (χ2n) is 6.30. The van der Waals surface area contributed by atoms with E-state index in [-0.39, 0.29) is 12.0 Å². The third-order valence-corrected chi connectivity index (χ3v) is 3.85. The lowest BCUT2D eigenvalue weighted by Gasteiger charge is -2.13. The van der Waals surface area contributed by atoms with Gasteiger partial charge in [-0.1, -0.05) is 18.2 Å². The van der Waals surface area contributed by atoms with Crippen LogP contribution >= 0.6 is 0 Å². The van der Waals surface area contributed by atoms with Crippen LogP contribution in [0, 0.1) is 0 Å². The van der Waals surface area contributed by atoms with Crippen LogP contribution in [-0.4, -0.2) is 32.8 Å². The summed E-state index contributed by atoms with van der Waals surface area (Å²) in [5.74, 6) is 2.02. The highest BCUT2D eigenvalue weighted by atomic mass is 16.5. The van der Waals surface area contributed by atoms with Gasteiger partial charge in [-0.15, -0.1) is 0 Å². The predicted octanol–water partition coefficient (Wildman–Crippen LogP) is 3.86. The van der Waals surface area contributed by atoms with Crippen LogP contribution in [0.2, 0.25) is 0 Å². The van der Waals surface area contributed by atoms with Gasteiger partial charge in [-0.3, -0.25) is 4.79 Å². The first-order chi connectivity index (χ1) is 13.0. The Kier molecular flexibility index (Phi) is 7.74. The first-order valence-corrected chi connectivity index (χ1v) is 8.95. The molecule has 2 aromatic carbocycles.